The summed E-state index contributed by atoms with van der Waals surface area (Å²) < 4.78 is 16.5. The van der Waals surface area contributed by atoms with E-state index in [0.717, 1.165) is 0 Å². The highest BCUT2D eigenvalue weighted by Gasteiger charge is 2.16. The van der Waals surface area contributed by atoms with Crippen molar-refractivity contribution in [1.29, 1.82) is 0 Å². The maximum Gasteiger partial charge on any atom is 0.341 e. The molecule has 1 heterocycles. The van der Waals surface area contributed by atoms with E-state index in [9.17, 15) is 19.5 Å². The predicted octanol–water partition coefficient (Wildman–Crippen LogP) is 2.32. The minimum absolute atomic E-state index is 0.0499. The minimum Gasteiger partial charge on any atom is -0.505 e. The molecule has 3 rings (SSSR count). The van der Waals surface area contributed by atoms with Crippen molar-refractivity contribution in [3.8, 4) is 17.2 Å². The van der Waals surface area contributed by atoms with Crippen molar-refractivity contribution in [2.75, 3.05) is 26.6 Å². The van der Waals surface area contributed by atoms with E-state index in [1.165, 1.54) is 50.4 Å². The number of carbonyl (C=O) groups excluding carboxylic acids is 2. The molecule has 168 valence electrons. The number of phenolic OH excluding ortho intramolecular Hbond substituents is 1. The number of ether oxygens (including phenoxy) is 3. The van der Waals surface area contributed by atoms with E-state index < -0.39 is 5.97 Å². The molecule has 10 heteroatoms. The van der Waals surface area contributed by atoms with Crippen LogP contribution in [0.15, 0.2) is 41.5 Å². The number of carbonyl (C=O) groups is 2. The standard InChI is InChI=1S/C22H23N3O7/c1-30-17-10-14-16(11-18(17)31-2)23-12-25(21(14)28)9-5-8-19(26)24-15-7-4-6-13(20(15)27)22(29)32-3/h4,6-7,10-12,27H,5,8-9H2,1-3H3,(H,24,26). The molecule has 10 nitrogen and oxygen atoms in total. The number of methoxy groups -OCH3 is 3. The monoisotopic (exact) mass is 441 g/mol. The zero-order valence-corrected chi connectivity index (χ0v) is 17.9. The molecule has 1 aromatic heterocycles. The number of esters is 1. The summed E-state index contributed by atoms with van der Waals surface area (Å²) in [5.74, 6) is -0.565. The largest absolute Gasteiger partial charge is 0.505 e. The molecular weight excluding hydrogens is 418 g/mol. The molecule has 2 aromatic carbocycles. The van der Waals surface area contributed by atoms with E-state index in [-0.39, 0.29) is 41.4 Å². The first-order chi connectivity index (χ1) is 15.4. The number of benzene rings is 2. The molecular formula is C22H23N3O7. The van der Waals surface area contributed by atoms with Gasteiger partial charge in [0.1, 0.15) is 5.56 Å². The highest BCUT2D eigenvalue weighted by atomic mass is 16.5. The molecule has 0 fully saturated rings. The fourth-order valence-corrected chi connectivity index (χ4v) is 3.19. The number of nitrogens with one attached hydrogen (secondary N) is 1. The fraction of sp³-hybridized carbons (Fsp3) is 0.273. The van der Waals surface area contributed by atoms with Crippen molar-refractivity contribution in [1.82, 2.24) is 9.55 Å². The Bertz CT molecular complexity index is 1220. The second-order valence-electron chi connectivity index (χ2n) is 6.81. The average molecular weight is 441 g/mol. The molecule has 0 atom stereocenters. The summed E-state index contributed by atoms with van der Waals surface area (Å²) in [6.45, 7) is 0.262. The first kappa shape index (κ1) is 22.6. The van der Waals surface area contributed by atoms with Crippen molar-refractivity contribution in [3.05, 3.63) is 52.6 Å². The molecule has 0 bridgehead atoms. The van der Waals surface area contributed by atoms with Crippen LogP contribution in [0.5, 0.6) is 17.2 Å². The molecule has 0 radical (unpaired) electrons. The van der Waals surface area contributed by atoms with Crippen LogP contribution in [0.4, 0.5) is 5.69 Å². The topological polar surface area (TPSA) is 129 Å². The summed E-state index contributed by atoms with van der Waals surface area (Å²) in [5, 5.41) is 13.1. The number of amides is 1. The first-order valence-corrected chi connectivity index (χ1v) is 9.71. The SMILES string of the molecule is COC(=O)c1cccc(NC(=O)CCCn2cnc3cc(OC)c(OC)cc3c2=O)c1O. The van der Waals surface area contributed by atoms with Crippen molar-refractivity contribution in [2.24, 2.45) is 0 Å². The summed E-state index contributed by atoms with van der Waals surface area (Å²) in [4.78, 5) is 41.0. The third-order valence-electron chi connectivity index (χ3n) is 4.85. The smallest absolute Gasteiger partial charge is 0.341 e. The molecule has 0 saturated carbocycles. The highest BCUT2D eigenvalue weighted by Crippen LogP contribution is 2.30. The van der Waals surface area contributed by atoms with Crippen LogP contribution in [-0.4, -0.2) is 47.9 Å². The van der Waals surface area contributed by atoms with Gasteiger partial charge in [0.25, 0.3) is 5.56 Å². The Labute approximate surface area is 183 Å². The van der Waals surface area contributed by atoms with Gasteiger partial charge >= 0.3 is 5.97 Å². The van der Waals surface area contributed by atoms with Crippen LogP contribution in [0.2, 0.25) is 0 Å². The van der Waals surface area contributed by atoms with Crippen molar-refractivity contribution < 1.29 is 28.9 Å². The molecule has 1 amide bonds. The second-order valence-corrected chi connectivity index (χ2v) is 6.81. The van der Waals surface area contributed by atoms with Crippen LogP contribution >= 0.6 is 0 Å². The van der Waals surface area contributed by atoms with Gasteiger partial charge in [0.05, 0.1) is 44.2 Å². The van der Waals surface area contributed by atoms with Crippen LogP contribution in [0.25, 0.3) is 10.9 Å². The third-order valence-corrected chi connectivity index (χ3v) is 4.85. The van der Waals surface area contributed by atoms with Gasteiger partial charge in [0, 0.05) is 19.0 Å². The zero-order chi connectivity index (χ0) is 23.3. The Morgan fingerprint density at radius 3 is 2.53 bits per heavy atom. The van der Waals surface area contributed by atoms with E-state index in [1.807, 2.05) is 0 Å². The van der Waals surface area contributed by atoms with Gasteiger partial charge in [-0.1, -0.05) is 6.07 Å². The zero-order valence-electron chi connectivity index (χ0n) is 17.9. The Kier molecular flexibility index (Phi) is 6.93. The number of aromatic hydroxyl groups is 1. The number of para-hydroxylation sites is 1. The van der Waals surface area contributed by atoms with Crippen LogP contribution in [0, 0.1) is 0 Å². The number of phenols is 1. The molecule has 2 N–H and O–H groups in total. The lowest BCUT2D eigenvalue weighted by atomic mass is 10.1. The lowest BCUT2D eigenvalue weighted by molar-refractivity contribution is -0.116. The fourth-order valence-electron chi connectivity index (χ4n) is 3.19. The number of anilines is 1. The summed E-state index contributed by atoms with van der Waals surface area (Å²) in [7, 11) is 4.18. The predicted molar refractivity (Wildman–Crippen MR) is 116 cm³/mol. The average Bonchev–Trinajstić information content (AvgIpc) is 2.80. The van der Waals surface area contributed by atoms with Crippen molar-refractivity contribution in [3.63, 3.8) is 0 Å². The van der Waals surface area contributed by atoms with Crippen LogP contribution in [-0.2, 0) is 16.1 Å². The molecule has 0 aliphatic heterocycles. The molecule has 0 saturated heterocycles. The van der Waals surface area contributed by atoms with E-state index >= 15 is 0 Å². The Balaban J connectivity index is 1.68. The number of hydrogen-bond donors (Lipinski definition) is 2. The van der Waals surface area contributed by atoms with E-state index in [1.54, 1.807) is 12.1 Å². The van der Waals surface area contributed by atoms with Crippen LogP contribution < -0.4 is 20.3 Å². The minimum atomic E-state index is -0.712. The van der Waals surface area contributed by atoms with Gasteiger partial charge in [-0.05, 0) is 24.6 Å². The molecule has 3 aromatic rings. The Morgan fingerprint density at radius 2 is 1.84 bits per heavy atom. The summed E-state index contributed by atoms with van der Waals surface area (Å²) in [5.41, 5.74) is 0.261. The molecule has 0 aliphatic rings. The number of hydrogen-bond acceptors (Lipinski definition) is 8. The number of nitrogens with zero attached hydrogens (tertiary/aromatic N) is 2. The van der Waals surface area contributed by atoms with Gasteiger partial charge in [-0.3, -0.25) is 14.2 Å². The summed E-state index contributed by atoms with van der Waals surface area (Å²) >= 11 is 0. The van der Waals surface area contributed by atoms with Gasteiger partial charge in [0.15, 0.2) is 17.2 Å². The molecule has 0 unspecified atom stereocenters. The number of aryl methyl sites for hydroxylation is 1. The summed E-state index contributed by atoms with van der Waals surface area (Å²) in [6, 6.07) is 7.58. The van der Waals surface area contributed by atoms with Gasteiger partial charge in [0.2, 0.25) is 5.91 Å². The molecule has 32 heavy (non-hydrogen) atoms. The van der Waals surface area contributed by atoms with Crippen molar-refractivity contribution in [2.45, 2.75) is 19.4 Å². The highest BCUT2D eigenvalue weighted by molar-refractivity contribution is 5.98. The Hall–Kier alpha value is -4.08. The lowest BCUT2D eigenvalue weighted by Gasteiger charge is -2.11. The van der Waals surface area contributed by atoms with E-state index in [2.05, 4.69) is 15.0 Å². The van der Waals surface area contributed by atoms with E-state index in [4.69, 9.17) is 9.47 Å². The van der Waals surface area contributed by atoms with Crippen molar-refractivity contribution >= 4 is 28.5 Å². The Morgan fingerprint density at radius 1 is 1.12 bits per heavy atom. The molecule has 0 spiro atoms. The van der Waals surface area contributed by atoms with Crippen LogP contribution in [0.3, 0.4) is 0 Å². The quantitative estimate of drug-likeness (QED) is 0.403. The van der Waals surface area contributed by atoms with Gasteiger partial charge in [-0.25, -0.2) is 9.78 Å². The third kappa shape index (κ3) is 4.64. The van der Waals surface area contributed by atoms with Gasteiger partial charge in [-0.15, -0.1) is 0 Å². The van der Waals surface area contributed by atoms with E-state index in [0.29, 0.717) is 28.8 Å². The lowest BCUT2D eigenvalue weighted by Crippen LogP contribution is -2.22. The van der Waals surface area contributed by atoms with Crippen LogP contribution in [0.1, 0.15) is 23.2 Å². The number of aromatic nitrogens is 2. The summed E-state index contributed by atoms with van der Waals surface area (Å²) in [6.07, 6.45) is 1.85. The second kappa shape index (κ2) is 9.82. The number of rotatable bonds is 8. The van der Waals surface area contributed by atoms with Gasteiger partial charge < -0.3 is 24.6 Å². The maximum absolute atomic E-state index is 12.8. The molecule has 0 aliphatic carbocycles. The van der Waals surface area contributed by atoms with Gasteiger partial charge in [-0.2, -0.15) is 0 Å². The normalized spacial score (nSPS) is 10.6. The first-order valence-electron chi connectivity index (χ1n) is 9.71. The maximum atomic E-state index is 12.8. The number of fused-ring (bicyclic) bond motifs is 1.